The van der Waals surface area contributed by atoms with Crippen molar-refractivity contribution in [2.75, 3.05) is 33.2 Å². The third-order valence-corrected chi connectivity index (χ3v) is 8.14. The first kappa shape index (κ1) is 27.2. The number of nitrogens with zero attached hydrogens (tertiary/aromatic N) is 2. The van der Waals surface area contributed by atoms with Crippen LogP contribution in [0.2, 0.25) is 0 Å². The second-order valence-corrected chi connectivity index (χ2v) is 12.3. The third kappa shape index (κ3) is 8.33. The van der Waals surface area contributed by atoms with Crippen LogP contribution in [0.25, 0.3) is 0 Å². The zero-order chi connectivity index (χ0) is 25.5. The van der Waals surface area contributed by atoms with Gasteiger partial charge in [-0.2, -0.15) is 0 Å². The van der Waals surface area contributed by atoms with Crippen LogP contribution in [-0.2, 0) is 14.8 Å². The number of likely N-dealkylation sites (N-methyl/N-ethyl adjacent to an activating group) is 1. The summed E-state index contributed by atoms with van der Waals surface area (Å²) in [5.41, 5.74) is 0.641. The van der Waals surface area contributed by atoms with Crippen molar-refractivity contribution in [3.63, 3.8) is 0 Å². The van der Waals surface area contributed by atoms with E-state index in [0.29, 0.717) is 11.4 Å². The Kier molecular flexibility index (Phi) is 9.33. The minimum Gasteiger partial charge on any atom is -0.444 e. The van der Waals surface area contributed by atoms with Crippen LogP contribution in [0.1, 0.15) is 51.5 Å². The van der Waals surface area contributed by atoms with E-state index in [0.717, 1.165) is 44.5 Å². The molecule has 0 saturated carbocycles. The summed E-state index contributed by atoms with van der Waals surface area (Å²) < 4.78 is 33.0. The maximum absolute atomic E-state index is 13.1. The van der Waals surface area contributed by atoms with Crippen molar-refractivity contribution in [3.05, 3.63) is 66.2 Å². The lowest BCUT2D eigenvalue weighted by molar-refractivity contribution is 0.0478. The van der Waals surface area contributed by atoms with Gasteiger partial charge in [-0.3, -0.25) is 0 Å². The number of amides is 1. The molecular formula is C27H39N3O4S. The van der Waals surface area contributed by atoms with Crippen molar-refractivity contribution < 1.29 is 17.9 Å². The molecule has 1 heterocycles. The lowest BCUT2D eigenvalue weighted by atomic mass is 9.94. The Balaban J connectivity index is 1.57. The minimum absolute atomic E-state index is 0.0808. The maximum atomic E-state index is 13.1. The van der Waals surface area contributed by atoms with E-state index in [-0.39, 0.29) is 18.1 Å². The molecule has 0 aliphatic carbocycles. The highest BCUT2D eigenvalue weighted by atomic mass is 32.2. The molecule has 1 atom stereocenters. The van der Waals surface area contributed by atoms with Gasteiger partial charge in [-0.25, -0.2) is 17.5 Å². The van der Waals surface area contributed by atoms with Crippen molar-refractivity contribution in [2.45, 2.75) is 62.5 Å². The molecule has 1 N–H and O–H groups in total. The summed E-state index contributed by atoms with van der Waals surface area (Å²) >= 11 is 0. The van der Waals surface area contributed by atoms with E-state index < -0.39 is 15.6 Å². The van der Waals surface area contributed by atoms with Gasteiger partial charge >= 0.3 is 6.09 Å². The average Bonchev–Trinajstić information content (AvgIpc) is 2.82. The molecule has 1 saturated heterocycles. The van der Waals surface area contributed by atoms with Gasteiger partial charge in [0.25, 0.3) is 0 Å². The topological polar surface area (TPSA) is 79.0 Å². The van der Waals surface area contributed by atoms with Crippen LogP contribution in [0.4, 0.5) is 4.79 Å². The average molecular weight is 502 g/mol. The van der Waals surface area contributed by atoms with Gasteiger partial charge in [-0.1, -0.05) is 48.5 Å². The summed E-state index contributed by atoms with van der Waals surface area (Å²) in [6.45, 7) is 8.65. The van der Waals surface area contributed by atoms with Crippen LogP contribution in [0, 0.1) is 0 Å². The summed E-state index contributed by atoms with van der Waals surface area (Å²) in [5.74, 6) is 0.0808. The number of ether oxygens (including phenoxy) is 1. The highest BCUT2D eigenvalue weighted by Crippen LogP contribution is 2.25. The van der Waals surface area contributed by atoms with Crippen molar-refractivity contribution in [1.29, 1.82) is 0 Å². The fourth-order valence-corrected chi connectivity index (χ4v) is 5.62. The molecule has 8 heteroatoms. The number of rotatable bonds is 9. The van der Waals surface area contributed by atoms with Gasteiger partial charge < -0.3 is 15.0 Å². The number of hydrogen-bond acceptors (Lipinski definition) is 5. The molecule has 0 radical (unpaired) electrons. The number of carbonyl (C=O) groups is 1. The highest BCUT2D eigenvalue weighted by molar-refractivity contribution is 7.89. The van der Waals surface area contributed by atoms with Crippen molar-refractivity contribution in [1.82, 2.24) is 14.5 Å². The van der Waals surface area contributed by atoms with Gasteiger partial charge in [0, 0.05) is 32.7 Å². The Labute approximate surface area is 210 Å². The molecule has 2 aromatic rings. The second-order valence-electron chi connectivity index (χ2n) is 10.3. The largest absolute Gasteiger partial charge is 0.444 e. The smallest absolute Gasteiger partial charge is 0.407 e. The molecule has 1 amide bonds. The fourth-order valence-electron chi connectivity index (χ4n) is 4.38. The first-order chi connectivity index (χ1) is 16.5. The quantitative estimate of drug-likeness (QED) is 0.549. The first-order valence-electron chi connectivity index (χ1n) is 12.3. The number of carbonyl (C=O) groups excluding carboxylic acids is 1. The van der Waals surface area contributed by atoms with Crippen LogP contribution in [0.5, 0.6) is 0 Å². The summed E-state index contributed by atoms with van der Waals surface area (Å²) in [5, 5.41) is 2.98. The normalized spacial score (nSPS) is 16.7. The Morgan fingerprint density at radius 1 is 1.06 bits per heavy atom. The third-order valence-electron chi connectivity index (χ3n) is 6.30. The number of nitrogens with one attached hydrogen (secondary N) is 1. The second kappa shape index (κ2) is 12.0. The summed E-state index contributed by atoms with van der Waals surface area (Å²) in [6.07, 6.45) is 2.24. The van der Waals surface area contributed by atoms with Crippen molar-refractivity contribution >= 4 is 16.1 Å². The molecule has 1 aliphatic rings. The van der Waals surface area contributed by atoms with E-state index in [1.807, 2.05) is 45.0 Å². The Morgan fingerprint density at radius 3 is 2.20 bits per heavy atom. The molecule has 1 aliphatic heterocycles. The number of likely N-dealkylation sites (tertiary alicyclic amines) is 1. The molecule has 192 valence electrons. The van der Waals surface area contributed by atoms with E-state index in [4.69, 9.17) is 4.74 Å². The lowest BCUT2D eigenvalue weighted by Gasteiger charge is -2.34. The molecule has 7 nitrogen and oxygen atoms in total. The molecule has 0 bridgehead atoms. The predicted octanol–water partition coefficient (Wildman–Crippen LogP) is 4.47. The fraction of sp³-hybridized carbons (Fsp3) is 0.519. The monoisotopic (exact) mass is 501 g/mol. The van der Waals surface area contributed by atoms with Crippen molar-refractivity contribution in [3.8, 4) is 0 Å². The van der Waals surface area contributed by atoms with Crippen LogP contribution in [-0.4, -0.2) is 68.6 Å². The zero-order valence-electron chi connectivity index (χ0n) is 21.3. The van der Waals surface area contributed by atoms with Crippen LogP contribution >= 0.6 is 0 Å². The first-order valence-corrected chi connectivity index (χ1v) is 13.8. The SMILES string of the molecule is CN(C[C@@H](CCN1CCC(NC(=O)OC(C)(C)C)CC1)c1ccccc1)S(=O)(=O)c1ccccc1. The van der Waals surface area contributed by atoms with Gasteiger partial charge in [-0.05, 0) is 70.2 Å². The van der Waals surface area contributed by atoms with E-state index >= 15 is 0 Å². The Hall–Kier alpha value is -2.42. The summed E-state index contributed by atoms with van der Waals surface area (Å²) in [6, 6.07) is 18.8. The van der Waals surface area contributed by atoms with Crippen LogP contribution in [0.3, 0.4) is 0 Å². The molecule has 0 spiro atoms. The van der Waals surface area contributed by atoms with Gasteiger partial charge in [0.1, 0.15) is 5.60 Å². The van der Waals surface area contributed by atoms with Crippen LogP contribution < -0.4 is 5.32 Å². The van der Waals surface area contributed by atoms with Gasteiger partial charge in [-0.15, -0.1) is 0 Å². The molecule has 1 fully saturated rings. The standard InChI is InChI=1S/C27H39N3O4S/c1-27(2,3)34-26(31)28-24-16-19-30(20-17-24)18-15-23(22-11-7-5-8-12-22)21-29(4)35(32,33)25-13-9-6-10-14-25/h5-14,23-24H,15-21H2,1-4H3,(H,28,31)/t23-/m1/s1. The lowest BCUT2D eigenvalue weighted by Crippen LogP contribution is -2.46. The number of benzene rings is 2. The molecule has 3 rings (SSSR count). The molecule has 2 aromatic carbocycles. The van der Waals surface area contributed by atoms with Gasteiger partial charge in [0.05, 0.1) is 4.90 Å². The minimum atomic E-state index is -3.55. The van der Waals surface area contributed by atoms with E-state index in [2.05, 4.69) is 22.3 Å². The number of alkyl carbamates (subject to hydrolysis) is 1. The number of piperidine rings is 1. The van der Waals surface area contributed by atoms with Crippen molar-refractivity contribution in [2.24, 2.45) is 0 Å². The number of sulfonamides is 1. The molecule has 35 heavy (non-hydrogen) atoms. The van der Waals surface area contributed by atoms with Gasteiger partial charge in [0.2, 0.25) is 10.0 Å². The highest BCUT2D eigenvalue weighted by Gasteiger charge is 2.27. The Bertz CT molecular complexity index is 1030. The molecular weight excluding hydrogens is 462 g/mol. The van der Waals surface area contributed by atoms with Crippen LogP contribution in [0.15, 0.2) is 65.6 Å². The maximum Gasteiger partial charge on any atom is 0.407 e. The van der Waals surface area contributed by atoms with E-state index in [1.54, 1.807) is 31.3 Å². The molecule has 0 aromatic heterocycles. The Morgan fingerprint density at radius 2 is 1.63 bits per heavy atom. The van der Waals surface area contributed by atoms with Gasteiger partial charge in [0.15, 0.2) is 0 Å². The zero-order valence-corrected chi connectivity index (χ0v) is 22.1. The molecule has 0 unspecified atom stereocenters. The number of hydrogen-bond donors (Lipinski definition) is 1. The predicted molar refractivity (Wildman–Crippen MR) is 139 cm³/mol. The van der Waals surface area contributed by atoms with E-state index in [9.17, 15) is 13.2 Å². The summed E-state index contributed by atoms with van der Waals surface area (Å²) in [4.78, 5) is 14.8. The summed E-state index contributed by atoms with van der Waals surface area (Å²) in [7, 11) is -1.89. The van der Waals surface area contributed by atoms with E-state index in [1.165, 1.54) is 4.31 Å².